The first-order chi connectivity index (χ1) is 13.6. The third-order valence-electron chi connectivity index (χ3n) is 6.89. The van der Waals surface area contributed by atoms with Crippen molar-refractivity contribution in [2.75, 3.05) is 31.1 Å². The summed E-state index contributed by atoms with van der Waals surface area (Å²) in [7, 11) is 0. The van der Waals surface area contributed by atoms with Crippen molar-refractivity contribution < 1.29 is 9.59 Å². The summed E-state index contributed by atoms with van der Waals surface area (Å²) in [5, 5.41) is 6.27. The van der Waals surface area contributed by atoms with Crippen molar-refractivity contribution in [3.63, 3.8) is 0 Å². The van der Waals surface area contributed by atoms with Gasteiger partial charge in [0.05, 0.1) is 0 Å². The Morgan fingerprint density at radius 1 is 1.07 bits per heavy atom. The molecule has 2 amide bonds. The topological polar surface area (TPSA) is 61.4 Å². The highest BCUT2D eigenvalue weighted by Crippen LogP contribution is 2.38. The fourth-order valence-electron chi connectivity index (χ4n) is 4.79. The van der Waals surface area contributed by atoms with Crippen LogP contribution in [0.15, 0.2) is 24.3 Å². The minimum absolute atomic E-state index is 0.140. The minimum Gasteiger partial charge on any atom is -0.369 e. The molecule has 2 fully saturated rings. The molecular weight excluding hydrogens is 350 g/mol. The van der Waals surface area contributed by atoms with Crippen LogP contribution in [-0.4, -0.2) is 38.0 Å². The molecule has 0 unspecified atom stereocenters. The number of carbonyl (C=O) groups is 2. The van der Waals surface area contributed by atoms with Crippen molar-refractivity contribution in [3.05, 3.63) is 29.8 Å². The number of hydrogen-bond donors (Lipinski definition) is 2. The van der Waals surface area contributed by atoms with Crippen molar-refractivity contribution >= 4 is 17.5 Å². The molecular formula is C23H33N3O2. The van der Waals surface area contributed by atoms with Crippen molar-refractivity contribution in [1.82, 2.24) is 10.6 Å². The van der Waals surface area contributed by atoms with Crippen LogP contribution in [-0.2, 0) is 16.0 Å². The summed E-state index contributed by atoms with van der Waals surface area (Å²) in [6, 6.07) is 8.55. The number of rotatable bonds is 7. The van der Waals surface area contributed by atoms with E-state index in [1.54, 1.807) is 0 Å². The largest absolute Gasteiger partial charge is 0.369 e. The van der Waals surface area contributed by atoms with Crippen LogP contribution in [0.25, 0.3) is 0 Å². The van der Waals surface area contributed by atoms with Gasteiger partial charge in [-0.05, 0) is 62.0 Å². The number of nitrogens with zero attached hydrogens (tertiary/aromatic N) is 1. The van der Waals surface area contributed by atoms with E-state index in [2.05, 4.69) is 46.7 Å². The first-order valence-corrected chi connectivity index (χ1v) is 11.0. The van der Waals surface area contributed by atoms with Crippen LogP contribution in [0, 0.1) is 23.7 Å². The highest BCUT2D eigenvalue weighted by Gasteiger charge is 2.39. The lowest BCUT2D eigenvalue weighted by Crippen LogP contribution is -2.39. The van der Waals surface area contributed by atoms with Crippen LogP contribution in [0.5, 0.6) is 0 Å². The molecule has 152 valence electrons. The fourth-order valence-corrected chi connectivity index (χ4v) is 4.79. The molecule has 5 nitrogen and oxygen atoms in total. The van der Waals surface area contributed by atoms with Gasteiger partial charge < -0.3 is 15.5 Å². The lowest BCUT2D eigenvalue weighted by molar-refractivity contribution is -0.126. The van der Waals surface area contributed by atoms with Crippen LogP contribution >= 0.6 is 0 Å². The third kappa shape index (κ3) is 4.50. The number of fused-ring (bicyclic) bond motifs is 1. The Balaban J connectivity index is 1.12. The zero-order chi connectivity index (χ0) is 19.5. The monoisotopic (exact) mass is 383 g/mol. The van der Waals surface area contributed by atoms with Gasteiger partial charge in [-0.2, -0.15) is 0 Å². The van der Waals surface area contributed by atoms with E-state index in [-0.39, 0.29) is 23.7 Å². The minimum atomic E-state index is 0.140. The van der Waals surface area contributed by atoms with E-state index >= 15 is 0 Å². The molecule has 0 aromatic heterocycles. The Morgan fingerprint density at radius 3 is 2.57 bits per heavy atom. The van der Waals surface area contributed by atoms with Gasteiger partial charge in [-0.25, -0.2) is 0 Å². The first-order valence-electron chi connectivity index (χ1n) is 11.0. The molecule has 5 heteroatoms. The molecule has 3 aliphatic rings. The lowest BCUT2D eigenvalue weighted by atomic mass is 9.81. The Hall–Kier alpha value is -2.04. The van der Waals surface area contributed by atoms with Gasteiger partial charge >= 0.3 is 0 Å². The maximum atomic E-state index is 12.5. The molecule has 28 heavy (non-hydrogen) atoms. The average molecular weight is 384 g/mol. The third-order valence-corrected chi connectivity index (χ3v) is 6.89. The molecule has 4 rings (SSSR count). The maximum Gasteiger partial charge on any atom is 0.223 e. The Labute approximate surface area is 168 Å². The van der Waals surface area contributed by atoms with Gasteiger partial charge in [-0.3, -0.25) is 9.59 Å². The molecule has 1 aromatic rings. The smallest absolute Gasteiger partial charge is 0.223 e. The molecule has 1 heterocycles. The lowest BCUT2D eigenvalue weighted by Gasteiger charge is -2.28. The zero-order valence-electron chi connectivity index (χ0n) is 17.0. The normalized spacial score (nSPS) is 28.5. The van der Waals surface area contributed by atoms with Gasteiger partial charge in [-0.1, -0.05) is 25.1 Å². The number of nitrogens with one attached hydrogen (secondary N) is 2. The summed E-state index contributed by atoms with van der Waals surface area (Å²) >= 11 is 0. The molecule has 2 saturated carbocycles. The molecule has 0 spiro atoms. The molecule has 0 radical (unpaired) electrons. The molecule has 1 aliphatic heterocycles. The Kier molecular flexibility index (Phi) is 5.88. The Morgan fingerprint density at radius 2 is 1.82 bits per heavy atom. The van der Waals surface area contributed by atoms with Crippen LogP contribution in [0.1, 0.15) is 44.6 Å². The van der Waals surface area contributed by atoms with Gasteiger partial charge in [0.15, 0.2) is 0 Å². The van der Waals surface area contributed by atoms with E-state index in [1.807, 2.05) is 0 Å². The molecule has 1 aromatic carbocycles. The van der Waals surface area contributed by atoms with Gasteiger partial charge in [0, 0.05) is 43.7 Å². The molecule has 2 N–H and O–H groups in total. The number of amides is 2. The predicted molar refractivity (Wildman–Crippen MR) is 111 cm³/mol. The van der Waals surface area contributed by atoms with Crippen molar-refractivity contribution in [3.8, 4) is 0 Å². The highest BCUT2D eigenvalue weighted by molar-refractivity contribution is 5.81. The van der Waals surface area contributed by atoms with Gasteiger partial charge in [0.25, 0.3) is 0 Å². The number of benzene rings is 1. The van der Waals surface area contributed by atoms with Crippen LogP contribution in [0.4, 0.5) is 5.69 Å². The first kappa shape index (κ1) is 19.3. The van der Waals surface area contributed by atoms with E-state index in [0.29, 0.717) is 18.4 Å². The van der Waals surface area contributed by atoms with Gasteiger partial charge in [0.2, 0.25) is 11.8 Å². The van der Waals surface area contributed by atoms with E-state index < -0.39 is 0 Å². The summed E-state index contributed by atoms with van der Waals surface area (Å²) in [6.07, 6.45) is 6.11. The van der Waals surface area contributed by atoms with E-state index in [4.69, 9.17) is 0 Å². The van der Waals surface area contributed by atoms with Gasteiger partial charge in [-0.15, -0.1) is 0 Å². The second kappa shape index (κ2) is 8.54. The molecule has 2 aliphatic carbocycles. The van der Waals surface area contributed by atoms with Crippen LogP contribution < -0.4 is 15.5 Å². The van der Waals surface area contributed by atoms with Crippen LogP contribution in [0.2, 0.25) is 0 Å². The maximum absolute atomic E-state index is 12.5. The van der Waals surface area contributed by atoms with Crippen molar-refractivity contribution in [2.24, 2.45) is 23.7 Å². The Bertz CT molecular complexity index is 712. The second-order valence-electron chi connectivity index (χ2n) is 8.94. The zero-order valence-corrected chi connectivity index (χ0v) is 17.0. The number of carbonyl (C=O) groups excluding carboxylic acids is 2. The van der Waals surface area contributed by atoms with Gasteiger partial charge in [0.1, 0.15) is 0 Å². The van der Waals surface area contributed by atoms with Crippen LogP contribution in [0.3, 0.4) is 0 Å². The summed E-state index contributed by atoms with van der Waals surface area (Å²) in [5.74, 6) is 1.93. The average Bonchev–Trinajstić information content (AvgIpc) is 3.32. The number of hydrogen-bond acceptors (Lipinski definition) is 3. The molecule has 2 atom stereocenters. The SMILES string of the molecule is C[C@H]1C[C@H]1C(=O)NCC1CCC(C(=O)NCCN2CCc3ccccc32)CC1. The van der Waals surface area contributed by atoms with E-state index in [1.165, 1.54) is 11.3 Å². The summed E-state index contributed by atoms with van der Waals surface area (Å²) in [4.78, 5) is 26.9. The fraction of sp³-hybridized carbons (Fsp3) is 0.652. The second-order valence-corrected chi connectivity index (χ2v) is 8.94. The van der Waals surface area contributed by atoms with E-state index in [0.717, 1.165) is 58.2 Å². The standard InChI is InChI=1S/C23H33N3O2/c1-16-14-20(16)23(28)25-15-17-6-8-19(9-7-17)22(27)24-11-13-26-12-10-18-4-2-3-5-21(18)26/h2-5,16-17,19-20H,6-15H2,1H3,(H,24,27)(H,25,28)/t16-,17?,19?,20+/m0/s1. The number of anilines is 1. The van der Waals surface area contributed by atoms with Crippen molar-refractivity contribution in [2.45, 2.75) is 45.4 Å². The van der Waals surface area contributed by atoms with E-state index in [9.17, 15) is 9.59 Å². The summed E-state index contributed by atoms with van der Waals surface area (Å²) in [6.45, 7) is 5.56. The summed E-state index contributed by atoms with van der Waals surface area (Å²) < 4.78 is 0. The van der Waals surface area contributed by atoms with Crippen molar-refractivity contribution in [1.29, 1.82) is 0 Å². The quantitative estimate of drug-likeness (QED) is 0.761. The predicted octanol–water partition coefficient (Wildman–Crippen LogP) is 2.74. The number of para-hydroxylation sites is 1. The highest BCUT2D eigenvalue weighted by atomic mass is 16.2. The molecule has 0 saturated heterocycles. The summed E-state index contributed by atoms with van der Waals surface area (Å²) in [5.41, 5.74) is 2.73. The molecule has 0 bridgehead atoms.